The van der Waals surface area contributed by atoms with Crippen LogP contribution in [0.15, 0.2) is 47.6 Å². The Balaban J connectivity index is 1.75. The molecule has 468 valence electrons. The molecule has 3 rings (SSSR count). The highest BCUT2D eigenvalue weighted by atomic mass is 127. The van der Waals surface area contributed by atoms with Crippen molar-refractivity contribution in [3.8, 4) is 5.75 Å². The van der Waals surface area contributed by atoms with Gasteiger partial charge in [0.05, 0.1) is 31.9 Å². The summed E-state index contributed by atoms with van der Waals surface area (Å²) in [6.45, 7) is 3.95. The van der Waals surface area contributed by atoms with Gasteiger partial charge in [0, 0.05) is 50.4 Å². The molecular formula is C54H80IN15O13S2. The Morgan fingerprint density at radius 1 is 0.741 bits per heavy atom. The number of ether oxygens (including phenoxy) is 1. The lowest BCUT2D eigenvalue weighted by Gasteiger charge is -2.37. The van der Waals surface area contributed by atoms with Gasteiger partial charge in [-0.25, -0.2) is 0 Å². The summed E-state index contributed by atoms with van der Waals surface area (Å²) in [7, 11) is 1.50. The van der Waals surface area contributed by atoms with Gasteiger partial charge in [-0.15, -0.1) is 0 Å². The summed E-state index contributed by atoms with van der Waals surface area (Å²) in [5.74, 6) is -9.50. The summed E-state index contributed by atoms with van der Waals surface area (Å²) in [4.78, 5) is 149. The quantitative estimate of drug-likeness (QED) is 0.0136. The van der Waals surface area contributed by atoms with Crippen LogP contribution in [0.25, 0.3) is 10.4 Å². The van der Waals surface area contributed by atoms with Crippen LogP contribution >= 0.6 is 47.0 Å². The van der Waals surface area contributed by atoms with E-state index in [-0.39, 0.29) is 45.1 Å². The van der Waals surface area contributed by atoms with Gasteiger partial charge in [0.2, 0.25) is 65.0 Å². The van der Waals surface area contributed by atoms with Crippen molar-refractivity contribution in [1.29, 1.82) is 0 Å². The molecule has 17 N–H and O–H groups in total. The molecule has 0 aromatic heterocycles. The molecule has 2 unspecified atom stereocenters. The molecule has 1 aliphatic rings. The fourth-order valence-electron chi connectivity index (χ4n) is 9.09. The molecule has 9 atom stereocenters. The van der Waals surface area contributed by atoms with Gasteiger partial charge in [-0.2, -0.15) is 24.4 Å². The van der Waals surface area contributed by atoms with Crippen LogP contribution in [-0.4, -0.2) is 155 Å². The van der Waals surface area contributed by atoms with E-state index in [1.54, 1.807) is 50.2 Å². The molecule has 2 aromatic rings. The number of aliphatic hydroxyl groups is 1. The van der Waals surface area contributed by atoms with E-state index in [4.69, 9.17) is 33.2 Å². The van der Waals surface area contributed by atoms with Crippen LogP contribution in [0.3, 0.4) is 0 Å². The SMILES string of the molecule is CC[C@H](C)[C@H](NC(=O)[C@H](Cc1ccc(OC)cc1)NC(=O)CC1(SCCC(N)=O)CCCCC1)C(=O)N[C@H](C(=O)N[C@@H](CC(N)=O)C(=O)N[C@@H](CS)C(=O)NCC(=O)NC(CCCN)C(=O)NC(Cc1ccc(N=[N+]=[N-])c(I)c1)C(N)=O)[C@@H](C)O. The highest BCUT2D eigenvalue weighted by Gasteiger charge is 2.39. The standard InChI is InChI=1S/C54H80IN15O13S2/c1-5-29(2)45(67-51(80)38(23-31-11-14-33(83-4)15-12-31)63-43(74)26-54(18-7-6-8-19-54)85-21-17-41(57)72)52(81)68-46(30(3)71)53(82)65-39(25-42(58)73)50(79)66-40(28-84)48(77)61-27-44(75)62-36(10-9-20-56)49(78)64-37(47(59)76)24-32-13-16-35(69-70-60)34(55)22-32/h11-16,22,29-30,36-40,45-46,71,84H,5-10,17-21,23-28,56H2,1-4H3,(H2,57,72)(H2,58,73)(H2,59,76)(H,61,77)(H,62,75)(H,63,74)(H,64,78)(H,65,82)(H,66,79)(H,67,80)(H,68,81)/t29-,30+,36?,37?,38-,39-,40-,45-,46-/m0/s1. The lowest BCUT2D eigenvalue weighted by Crippen LogP contribution is -2.62. The number of thioether (sulfide) groups is 1. The average Bonchev–Trinajstić information content (AvgIpc) is 3.60. The minimum Gasteiger partial charge on any atom is -0.497 e. The lowest BCUT2D eigenvalue weighted by molar-refractivity contribution is -0.138. The van der Waals surface area contributed by atoms with E-state index in [1.807, 2.05) is 22.6 Å². The minimum absolute atomic E-state index is 0.00925. The zero-order valence-corrected chi connectivity index (χ0v) is 51.9. The number of halogens is 1. The molecule has 31 heteroatoms. The number of thiol groups is 1. The second-order valence-electron chi connectivity index (χ2n) is 20.6. The third kappa shape index (κ3) is 24.9. The normalized spacial score (nSPS) is 15.8. The first-order valence-electron chi connectivity index (χ1n) is 27.6. The molecule has 11 amide bonds. The minimum atomic E-state index is -1.82. The molecule has 0 heterocycles. The van der Waals surface area contributed by atoms with Crippen molar-refractivity contribution in [2.45, 2.75) is 157 Å². The van der Waals surface area contributed by atoms with Crippen molar-refractivity contribution < 1.29 is 62.6 Å². The van der Waals surface area contributed by atoms with Crippen LogP contribution < -0.4 is 70.2 Å². The van der Waals surface area contributed by atoms with E-state index in [9.17, 15) is 57.8 Å². The fourth-order valence-corrected chi connectivity index (χ4v) is 11.6. The molecule has 85 heavy (non-hydrogen) atoms. The van der Waals surface area contributed by atoms with Gasteiger partial charge in [-0.05, 0) is 103 Å². The summed E-state index contributed by atoms with van der Waals surface area (Å²) in [6, 6.07) is 1.36. The van der Waals surface area contributed by atoms with Gasteiger partial charge in [0.1, 0.15) is 48.0 Å². The maximum Gasteiger partial charge on any atom is 0.245 e. The summed E-state index contributed by atoms with van der Waals surface area (Å²) >= 11 is 7.61. The molecular weight excluding hydrogens is 1260 g/mol. The largest absolute Gasteiger partial charge is 0.497 e. The third-order valence-electron chi connectivity index (χ3n) is 14.0. The molecule has 28 nitrogen and oxygen atoms in total. The highest BCUT2D eigenvalue weighted by molar-refractivity contribution is 14.1. The van der Waals surface area contributed by atoms with Crippen molar-refractivity contribution in [3.63, 3.8) is 0 Å². The van der Waals surface area contributed by atoms with Gasteiger partial charge in [-0.3, -0.25) is 52.7 Å². The van der Waals surface area contributed by atoms with E-state index in [2.05, 4.69) is 65.2 Å². The fraction of sp³-hybridized carbons (Fsp3) is 0.574. The van der Waals surface area contributed by atoms with Crippen LogP contribution in [-0.2, 0) is 65.6 Å². The molecule has 0 spiro atoms. The second-order valence-corrected chi connectivity index (χ2v) is 23.7. The zero-order valence-electron chi connectivity index (χ0n) is 48.0. The molecule has 0 aliphatic heterocycles. The number of amides is 11. The average molecular weight is 1340 g/mol. The maximum absolute atomic E-state index is 14.4. The van der Waals surface area contributed by atoms with Gasteiger partial charge in [0.25, 0.3) is 0 Å². The molecule has 0 saturated heterocycles. The summed E-state index contributed by atoms with van der Waals surface area (Å²) in [6.07, 6.45) is 2.38. The van der Waals surface area contributed by atoms with E-state index in [0.717, 1.165) is 26.2 Å². The molecule has 1 saturated carbocycles. The number of carbonyl (C=O) groups is 11. The first-order valence-corrected chi connectivity index (χ1v) is 30.3. The number of nitrogens with one attached hydrogen (secondary N) is 8. The first kappa shape index (κ1) is 72.3. The predicted octanol–water partition coefficient (Wildman–Crippen LogP) is -0.306. The van der Waals surface area contributed by atoms with Gasteiger partial charge >= 0.3 is 0 Å². The number of primary amides is 3. The number of carbonyl (C=O) groups excluding carboxylic acids is 11. The Morgan fingerprint density at radius 3 is 1.88 bits per heavy atom. The Hall–Kier alpha value is -6.93. The van der Waals surface area contributed by atoms with E-state index in [1.165, 1.54) is 24.9 Å². The number of methoxy groups -OCH3 is 1. The lowest BCUT2D eigenvalue weighted by atomic mass is 9.85. The zero-order chi connectivity index (χ0) is 63.4. The van der Waals surface area contributed by atoms with Crippen LogP contribution in [0, 0.1) is 9.49 Å². The number of nitrogens with zero attached hydrogens (tertiary/aromatic N) is 3. The number of aliphatic hydroxyl groups excluding tert-OH is 1. The van der Waals surface area contributed by atoms with Crippen molar-refractivity contribution >= 4 is 118 Å². The van der Waals surface area contributed by atoms with Gasteiger partial charge < -0.3 is 75.3 Å². The molecule has 0 radical (unpaired) electrons. The van der Waals surface area contributed by atoms with E-state index < -0.39 is 143 Å². The number of rotatable bonds is 37. The number of benzene rings is 2. The highest BCUT2D eigenvalue weighted by Crippen LogP contribution is 2.43. The monoisotopic (exact) mass is 1340 g/mol. The Bertz CT molecular complexity index is 2720. The summed E-state index contributed by atoms with van der Waals surface area (Å²) in [5, 5.41) is 34.5. The number of azide groups is 1. The number of hydrogen-bond acceptors (Lipinski definition) is 17. The Labute approximate surface area is 516 Å². The van der Waals surface area contributed by atoms with Gasteiger partial charge in [-0.1, -0.05) is 68.9 Å². The van der Waals surface area contributed by atoms with Crippen LogP contribution in [0.4, 0.5) is 5.69 Å². The van der Waals surface area contributed by atoms with E-state index >= 15 is 0 Å². The van der Waals surface area contributed by atoms with Crippen molar-refractivity contribution in [3.05, 3.63) is 67.6 Å². The van der Waals surface area contributed by atoms with Crippen molar-refractivity contribution in [1.82, 2.24) is 42.5 Å². The van der Waals surface area contributed by atoms with E-state index in [0.29, 0.717) is 51.1 Å². The first-order chi connectivity index (χ1) is 40.3. The van der Waals surface area contributed by atoms with Crippen molar-refractivity contribution in [2.75, 3.05) is 31.7 Å². The summed E-state index contributed by atoms with van der Waals surface area (Å²) in [5.41, 5.74) is 32.5. The molecule has 1 aliphatic carbocycles. The maximum atomic E-state index is 14.4. The van der Waals surface area contributed by atoms with Crippen LogP contribution in [0.1, 0.15) is 103 Å². The third-order valence-corrected chi connectivity index (χ3v) is 16.8. The number of nitrogens with two attached hydrogens (primary N) is 4. The van der Waals surface area contributed by atoms with Gasteiger partial charge in [0.15, 0.2) is 0 Å². The second kappa shape index (κ2) is 36.8. The Morgan fingerprint density at radius 2 is 1.32 bits per heavy atom. The van der Waals surface area contributed by atoms with Crippen molar-refractivity contribution in [2.24, 2.45) is 34.0 Å². The molecule has 2 aromatic carbocycles. The Kier molecular flexibility index (Phi) is 31.3. The van der Waals surface area contributed by atoms with Crippen LogP contribution in [0.2, 0.25) is 0 Å². The topological polar surface area (TPSA) is 466 Å². The number of hydrogen-bond donors (Lipinski definition) is 14. The molecule has 0 bridgehead atoms. The van der Waals surface area contributed by atoms with Crippen LogP contribution in [0.5, 0.6) is 5.75 Å². The predicted molar refractivity (Wildman–Crippen MR) is 328 cm³/mol. The molecule has 1 fully saturated rings. The smallest absolute Gasteiger partial charge is 0.245 e. The summed E-state index contributed by atoms with van der Waals surface area (Å²) < 4.78 is 5.37.